The van der Waals surface area contributed by atoms with Crippen LogP contribution in [-0.4, -0.2) is 11.6 Å². The summed E-state index contributed by atoms with van der Waals surface area (Å²) >= 11 is 0. The van der Waals surface area contributed by atoms with Crippen LogP contribution < -0.4 is 0 Å². The molecule has 0 aliphatic heterocycles. The molecule has 0 N–H and O–H groups in total. The third kappa shape index (κ3) is 2.47. The number of allylic oxidation sites excluding steroid dienone is 4. The molecule has 2 nitrogen and oxygen atoms in total. The van der Waals surface area contributed by atoms with Gasteiger partial charge in [-0.15, -0.1) is 0 Å². The van der Waals surface area contributed by atoms with Crippen molar-refractivity contribution in [3.63, 3.8) is 0 Å². The third-order valence-electron chi connectivity index (χ3n) is 4.57. The number of fused-ring (bicyclic) bond motifs is 1. The molecule has 0 aromatic heterocycles. The van der Waals surface area contributed by atoms with Crippen molar-refractivity contribution in [2.75, 3.05) is 0 Å². The van der Waals surface area contributed by atoms with E-state index in [0.717, 1.165) is 19.3 Å². The molecule has 0 aromatic rings. The third-order valence-corrected chi connectivity index (χ3v) is 4.57. The highest BCUT2D eigenvalue weighted by Gasteiger charge is 2.42. The Bertz CT molecular complexity index is 405. The normalized spacial score (nSPS) is 34.4. The van der Waals surface area contributed by atoms with Crippen molar-refractivity contribution >= 4 is 11.6 Å². The molecule has 98 valence electrons. The molecule has 2 rings (SSSR count). The van der Waals surface area contributed by atoms with E-state index in [0.29, 0.717) is 18.8 Å². The second-order valence-corrected chi connectivity index (χ2v) is 5.80. The number of Topliss-reactive ketones (excluding diaryl/α,β-unsaturated/α-hetero) is 1. The molecule has 3 atom stereocenters. The number of ketones is 2. The van der Waals surface area contributed by atoms with E-state index in [1.165, 1.54) is 0 Å². The average molecular weight is 246 g/mol. The Morgan fingerprint density at radius 1 is 1.44 bits per heavy atom. The van der Waals surface area contributed by atoms with Crippen LogP contribution in [0.2, 0.25) is 0 Å². The molecule has 0 spiro atoms. The van der Waals surface area contributed by atoms with E-state index in [2.05, 4.69) is 25.2 Å². The summed E-state index contributed by atoms with van der Waals surface area (Å²) in [5, 5.41) is 0. The van der Waals surface area contributed by atoms with Crippen molar-refractivity contribution < 1.29 is 9.59 Å². The highest BCUT2D eigenvalue weighted by Crippen LogP contribution is 2.47. The average Bonchev–Trinajstić information content (AvgIpc) is 2.37. The number of hydrogen-bond donors (Lipinski definition) is 0. The van der Waals surface area contributed by atoms with Crippen LogP contribution in [-0.2, 0) is 9.59 Å². The van der Waals surface area contributed by atoms with Gasteiger partial charge >= 0.3 is 0 Å². The van der Waals surface area contributed by atoms with E-state index in [9.17, 15) is 9.59 Å². The van der Waals surface area contributed by atoms with E-state index in [-0.39, 0.29) is 22.9 Å². The van der Waals surface area contributed by atoms with Gasteiger partial charge in [0, 0.05) is 18.8 Å². The SMILES string of the molecule is CCC(=O)CCC1C(=O)C=C[C@]2(C)CC=CCC12. The fourth-order valence-corrected chi connectivity index (χ4v) is 3.25. The minimum Gasteiger partial charge on any atom is -0.300 e. The largest absolute Gasteiger partial charge is 0.300 e. The molecule has 0 radical (unpaired) electrons. The molecular weight excluding hydrogens is 224 g/mol. The minimum absolute atomic E-state index is 0.0421. The molecule has 0 fully saturated rings. The van der Waals surface area contributed by atoms with E-state index in [1.807, 2.05) is 6.92 Å². The predicted molar refractivity (Wildman–Crippen MR) is 72.1 cm³/mol. The zero-order valence-electron chi connectivity index (χ0n) is 11.3. The van der Waals surface area contributed by atoms with Gasteiger partial charge in [0.1, 0.15) is 5.78 Å². The van der Waals surface area contributed by atoms with Crippen LogP contribution in [0.4, 0.5) is 0 Å². The Hall–Kier alpha value is -1.18. The van der Waals surface area contributed by atoms with Gasteiger partial charge in [0.25, 0.3) is 0 Å². The summed E-state index contributed by atoms with van der Waals surface area (Å²) in [6, 6.07) is 0. The van der Waals surface area contributed by atoms with Gasteiger partial charge < -0.3 is 0 Å². The lowest BCUT2D eigenvalue weighted by Gasteiger charge is -2.43. The van der Waals surface area contributed by atoms with Crippen molar-refractivity contribution in [3.05, 3.63) is 24.3 Å². The monoisotopic (exact) mass is 246 g/mol. The molecule has 2 aliphatic rings. The Labute approximate surface area is 109 Å². The topological polar surface area (TPSA) is 34.1 Å². The molecule has 0 bridgehead atoms. The zero-order valence-corrected chi connectivity index (χ0v) is 11.3. The van der Waals surface area contributed by atoms with Crippen LogP contribution in [0.1, 0.15) is 46.0 Å². The van der Waals surface area contributed by atoms with Gasteiger partial charge in [0.2, 0.25) is 0 Å². The van der Waals surface area contributed by atoms with Crippen molar-refractivity contribution in [1.82, 2.24) is 0 Å². The summed E-state index contributed by atoms with van der Waals surface area (Å²) in [5.74, 6) is 0.909. The first-order valence-corrected chi connectivity index (χ1v) is 6.96. The maximum absolute atomic E-state index is 12.1. The molecule has 2 aliphatic carbocycles. The second kappa shape index (κ2) is 5.21. The molecule has 18 heavy (non-hydrogen) atoms. The standard InChI is InChI=1S/C16H22O2/c1-3-12(17)7-8-13-14-6-4-5-10-16(14,2)11-9-15(13)18/h4-5,9,11,13-14H,3,6-8,10H2,1-2H3/t13?,14?,16-/m0/s1. The Morgan fingerprint density at radius 3 is 2.94 bits per heavy atom. The predicted octanol–water partition coefficient (Wildman–Crippen LogP) is 3.47. The van der Waals surface area contributed by atoms with Gasteiger partial charge in [-0.05, 0) is 36.7 Å². The number of hydrogen-bond acceptors (Lipinski definition) is 2. The zero-order chi connectivity index (χ0) is 13.2. The van der Waals surface area contributed by atoms with Crippen LogP contribution in [0.25, 0.3) is 0 Å². The Kier molecular flexibility index (Phi) is 3.84. The van der Waals surface area contributed by atoms with Gasteiger partial charge in [-0.1, -0.05) is 32.1 Å². The van der Waals surface area contributed by atoms with Crippen molar-refractivity contribution in [2.24, 2.45) is 17.3 Å². The minimum atomic E-state index is 0.0421. The van der Waals surface area contributed by atoms with Gasteiger partial charge in [0.15, 0.2) is 5.78 Å². The first kappa shape index (κ1) is 13.3. The highest BCUT2D eigenvalue weighted by atomic mass is 16.1. The van der Waals surface area contributed by atoms with Crippen LogP contribution in [0.5, 0.6) is 0 Å². The van der Waals surface area contributed by atoms with Crippen LogP contribution in [0, 0.1) is 17.3 Å². The van der Waals surface area contributed by atoms with E-state index in [1.54, 1.807) is 6.08 Å². The van der Waals surface area contributed by atoms with E-state index in [4.69, 9.17) is 0 Å². The fraction of sp³-hybridized carbons (Fsp3) is 0.625. The van der Waals surface area contributed by atoms with Crippen molar-refractivity contribution in [3.8, 4) is 0 Å². The summed E-state index contributed by atoms with van der Waals surface area (Å²) in [6.45, 7) is 4.12. The number of carbonyl (C=O) groups excluding carboxylic acids is 2. The lowest BCUT2D eigenvalue weighted by Crippen LogP contribution is -2.39. The smallest absolute Gasteiger partial charge is 0.158 e. The van der Waals surface area contributed by atoms with Gasteiger partial charge in [0.05, 0.1) is 0 Å². The summed E-state index contributed by atoms with van der Waals surface area (Å²) in [7, 11) is 0. The van der Waals surface area contributed by atoms with Crippen LogP contribution in [0.3, 0.4) is 0 Å². The molecule has 0 amide bonds. The molecule has 0 aromatic carbocycles. The molecule has 0 saturated carbocycles. The fourth-order valence-electron chi connectivity index (χ4n) is 3.25. The summed E-state index contributed by atoms with van der Waals surface area (Å²) < 4.78 is 0. The molecule has 0 heterocycles. The lowest BCUT2D eigenvalue weighted by atomic mass is 9.60. The molecule has 2 unspecified atom stereocenters. The maximum atomic E-state index is 12.1. The van der Waals surface area contributed by atoms with Crippen LogP contribution in [0.15, 0.2) is 24.3 Å². The van der Waals surface area contributed by atoms with Crippen LogP contribution >= 0.6 is 0 Å². The van der Waals surface area contributed by atoms with Gasteiger partial charge in [-0.25, -0.2) is 0 Å². The lowest BCUT2D eigenvalue weighted by molar-refractivity contribution is -0.123. The van der Waals surface area contributed by atoms with Crippen molar-refractivity contribution in [2.45, 2.75) is 46.0 Å². The summed E-state index contributed by atoms with van der Waals surface area (Å²) in [4.78, 5) is 23.5. The summed E-state index contributed by atoms with van der Waals surface area (Å²) in [5.41, 5.74) is 0.114. The van der Waals surface area contributed by atoms with E-state index < -0.39 is 0 Å². The molecule has 2 heteroatoms. The first-order chi connectivity index (χ1) is 8.57. The maximum Gasteiger partial charge on any atom is 0.158 e. The first-order valence-electron chi connectivity index (χ1n) is 6.96. The number of rotatable bonds is 4. The Morgan fingerprint density at radius 2 is 2.22 bits per heavy atom. The van der Waals surface area contributed by atoms with Gasteiger partial charge in [-0.3, -0.25) is 9.59 Å². The second-order valence-electron chi connectivity index (χ2n) is 5.80. The van der Waals surface area contributed by atoms with Gasteiger partial charge in [-0.2, -0.15) is 0 Å². The summed E-state index contributed by atoms with van der Waals surface area (Å²) in [6.07, 6.45) is 12.1. The molecule has 0 saturated heterocycles. The molecular formula is C16H22O2. The van der Waals surface area contributed by atoms with E-state index >= 15 is 0 Å². The quantitative estimate of drug-likeness (QED) is 0.712. The Balaban J connectivity index is 2.13. The highest BCUT2D eigenvalue weighted by molar-refractivity contribution is 5.93. The number of carbonyl (C=O) groups is 2. The van der Waals surface area contributed by atoms with Crippen molar-refractivity contribution in [1.29, 1.82) is 0 Å².